The van der Waals surface area contributed by atoms with E-state index in [1.807, 2.05) is 0 Å². The van der Waals surface area contributed by atoms with Gasteiger partial charge in [0.25, 0.3) is 0 Å². The van der Waals surface area contributed by atoms with E-state index in [4.69, 9.17) is 23.2 Å². The van der Waals surface area contributed by atoms with Crippen LogP contribution in [0.25, 0.3) is 0 Å². The summed E-state index contributed by atoms with van der Waals surface area (Å²) in [5.74, 6) is 0.462. The third-order valence-electron chi connectivity index (χ3n) is 2.61. The lowest BCUT2D eigenvalue weighted by molar-refractivity contribution is -0.117. The van der Waals surface area contributed by atoms with Gasteiger partial charge in [0.1, 0.15) is 0 Å². The first kappa shape index (κ1) is 12.5. The quantitative estimate of drug-likeness (QED) is 0.895. The van der Waals surface area contributed by atoms with Crippen LogP contribution in [0.5, 0.6) is 0 Å². The predicted octanol–water partition coefficient (Wildman–Crippen LogP) is 3.41. The first-order chi connectivity index (χ1) is 7.99. The van der Waals surface area contributed by atoms with E-state index in [9.17, 15) is 4.79 Å². The molecule has 1 aromatic carbocycles. The molecule has 0 fully saturated rings. The molecule has 1 N–H and O–H groups in total. The highest BCUT2D eigenvalue weighted by atomic mass is 35.5. The number of carbonyl (C=O) groups excluding carboxylic acids is 1. The minimum Gasteiger partial charge on any atom is -0.374 e. The summed E-state index contributed by atoms with van der Waals surface area (Å²) in [6.07, 6.45) is 0. The Kier molecular flexibility index (Phi) is 3.50. The van der Waals surface area contributed by atoms with E-state index in [-0.39, 0.29) is 5.91 Å². The number of rotatable bonds is 2. The molecule has 0 bridgehead atoms. The van der Waals surface area contributed by atoms with Gasteiger partial charge in [0.05, 0.1) is 28.0 Å². The Morgan fingerprint density at radius 2 is 2.00 bits per heavy atom. The zero-order valence-corrected chi connectivity index (χ0v) is 11.3. The van der Waals surface area contributed by atoms with Gasteiger partial charge in [-0.15, -0.1) is 0 Å². The maximum Gasteiger partial charge on any atom is 0.246 e. The summed E-state index contributed by atoms with van der Waals surface area (Å²) in [5.41, 5.74) is 1.67. The molecular formula is C12H14Cl2N2O. The first-order valence-electron chi connectivity index (χ1n) is 5.52. The van der Waals surface area contributed by atoms with Gasteiger partial charge in [-0.05, 0) is 18.1 Å². The lowest BCUT2D eigenvalue weighted by atomic mass is 10.1. The number of nitrogens with zero attached hydrogens (tertiary/aromatic N) is 1. The molecule has 0 unspecified atom stereocenters. The molecule has 0 saturated carbocycles. The first-order valence-corrected chi connectivity index (χ1v) is 6.28. The van der Waals surface area contributed by atoms with Crippen molar-refractivity contribution in [3.05, 3.63) is 22.2 Å². The number of hydrogen-bond donors (Lipinski definition) is 1. The van der Waals surface area contributed by atoms with Crippen LogP contribution in [-0.4, -0.2) is 19.0 Å². The highest BCUT2D eigenvalue weighted by molar-refractivity contribution is 6.42. The molecule has 17 heavy (non-hydrogen) atoms. The van der Waals surface area contributed by atoms with Crippen molar-refractivity contribution in [2.24, 2.45) is 5.92 Å². The van der Waals surface area contributed by atoms with Gasteiger partial charge in [0.15, 0.2) is 0 Å². The number of carbonyl (C=O) groups is 1. The molecule has 1 amide bonds. The van der Waals surface area contributed by atoms with E-state index >= 15 is 0 Å². The minimum absolute atomic E-state index is 0.0598. The number of amides is 1. The van der Waals surface area contributed by atoms with Crippen LogP contribution in [0.4, 0.5) is 11.4 Å². The van der Waals surface area contributed by atoms with Crippen LogP contribution in [0.2, 0.25) is 10.0 Å². The maximum absolute atomic E-state index is 11.9. The van der Waals surface area contributed by atoms with Crippen molar-refractivity contribution in [1.29, 1.82) is 0 Å². The highest BCUT2D eigenvalue weighted by Crippen LogP contribution is 2.37. The van der Waals surface area contributed by atoms with Crippen LogP contribution >= 0.6 is 23.2 Å². The van der Waals surface area contributed by atoms with E-state index < -0.39 is 0 Å². The number of nitrogens with one attached hydrogen (secondary N) is 1. The van der Waals surface area contributed by atoms with Gasteiger partial charge in [-0.1, -0.05) is 37.0 Å². The van der Waals surface area contributed by atoms with Gasteiger partial charge < -0.3 is 10.2 Å². The molecule has 0 spiro atoms. The molecule has 3 nitrogen and oxygen atoms in total. The largest absolute Gasteiger partial charge is 0.374 e. The Balaban J connectivity index is 2.43. The van der Waals surface area contributed by atoms with Crippen LogP contribution in [-0.2, 0) is 4.79 Å². The van der Waals surface area contributed by atoms with Crippen molar-refractivity contribution in [3.63, 3.8) is 0 Å². The molecule has 0 saturated heterocycles. The summed E-state index contributed by atoms with van der Waals surface area (Å²) in [6.45, 7) is 5.14. The summed E-state index contributed by atoms with van der Waals surface area (Å²) in [5, 5.41) is 4.01. The van der Waals surface area contributed by atoms with Crippen molar-refractivity contribution in [3.8, 4) is 0 Å². The van der Waals surface area contributed by atoms with Crippen molar-refractivity contribution in [1.82, 2.24) is 0 Å². The van der Waals surface area contributed by atoms with E-state index in [0.717, 1.165) is 11.4 Å². The topological polar surface area (TPSA) is 32.3 Å². The average molecular weight is 273 g/mol. The number of benzene rings is 1. The Bertz CT molecular complexity index is 460. The van der Waals surface area contributed by atoms with E-state index in [1.165, 1.54) is 0 Å². The van der Waals surface area contributed by atoms with Gasteiger partial charge in [-0.2, -0.15) is 0 Å². The normalized spacial score (nSPS) is 14.9. The standard InChI is InChI=1S/C12H14Cl2N2O/c1-7(2)6-16-11-4-9(14)8(13)3-10(11)15-5-12(16)17/h3-4,7,15H,5-6H2,1-2H3. The fourth-order valence-electron chi connectivity index (χ4n) is 1.87. The van der Waals surface area contributed by atoms with Gasteiger partial charge in [-0.25, -0.2) is 0 Å². The molecule has 1 aromatic rings. The Labute approximate surface area is 111 Å². The average Bonchev–Trinajstić information content (AvgIpc) is 2.25. The summed E-state index contributed by atoms with van der Waals surface area (Å²) < 4.78 is 0. The van der Waals surface area contributed by atoms with Crippen LogP contribution in [0.3, 0.4) is 0 Å². The molecule has 0 aromatic heterocycles. The molecular weight excluding hydrogens is 259 g/mol. The van der Waals surface area contributed by atoms with Crippen molar-refractivity contribution < 1.29 is 4.79 Å². The van der Waals surface area contributed by atoms with E-state index in [0.29, 0.717) is 29.1 Å². The van der Waals surface area contributed by atoms with E-state index in [2.05, 4.69) is 19.2 Å². The minimum atomic E-state index is 0.0598. The lowest BCUT2D eigenvalue weighted by Gasteiger charge is -2.31. The molecule has 0 radical (unpaired) electrons. The zero-order valence-electron chi connectivity index (χ0n) is 9.76. The third-order valence-corrected chi connectivity index (χ3v) is 3.33. The summed E-state index contributed by atoms with van der Waals surface area (Å²) in [7, 11) is 0. The molecule has 2 rings (SSSR count). The second-order valence-corrected chi connectivity index (χ2v) is 5.35. The molecule has 0 aliphatic carbocycles. The summed E-state index contributed by atoms with van der Waals surface area (Å²) in [6, 6.07) is 3.50. The maximum atomic E-state index is 11.9. The van der Waals surface area contributed by atoms with Crippen LogP contribution in [0.1, 0.15) is 13.8 Å². The molecule has 0 atom stereocenters. The van der Waals surface area contributed by atoms with Crippen LogP contribution < -0.4 is 10.2 Å². The van der Waals surface area contributed by atoms with Crippen molar-refractivity contribution in [2.45, 2.75) is 13.8 Å². The second kappa shape index (κ2) is 4.75. The second-order valence-electron chi connectivity index (χ2n) is 4.54. The number of fused-ring (bicyclic) bond motifs is 1. The Hall–Kier alpha value is -0.930. The fourth-order valence-corrected chi connectivity index (χ4v) is 2.19. The molecule has 1 heterocycles. The molecule has 92 valence electrons. The highest BCUT2D eigenvalue weighted by Gasteiger charge is 2.25. The Morgan fingerprint density at radius 1 is 1.35 bits per heavy atom. The van der Waals surface area contributed by atoms with Crippen LogP contribution in [0, 0.1) is 5.92 Å². The lowest BCUT2D eigenvalue weighted by Crippen LogP contribution is -2.41. The Morgan fingerprint density at radius 3 is 2.65 bits per heavy atom. The molecule has 1 aliphatic rings. The van der Waals surface area contributed by atoms with Crippen molar-refractivity contribution in [2.75, 3.05) is 23.3 Å². The predicted molar refractivity (Wildman–Crippen MR) is 72.1 cm³/mol. The van der Waals surface area contributed by atoms with Gasteiger partial charge in [-0.3, -0.25) is 4.79 Å². The fraction of sp³-hybridized carbons (Fsp3) is 0.417. The molecule has 5 heteroatoms. The number of halogens is 2. The number of hydrogen-bond acceptors (Lipinski definition) is 2. The smallest absolute Gasteiger partial charge is 0.246 e. The SMILES string of the molecule is CC(C)CN1C(=O)CNc2cc(Cl)c(Cl)cc21. The zero-order chi connectivity index (χ0) is 12.6. The van der Waals surface area contributed by atoms with E-state index in [1.54, 1.807) is 17.0 Å². The van der Waals surface area contributed by atoms with Gasteiger partial charge in [0, 0.05) is 6.54 Å². The number of anilines is 2. The summed E-state index contributed by atoms with van der Waals surface area (Å²) >= 11 is 12.0. The van der Waals surface area contributed by atoms with Gasteiger partial charge >= 0.3 is 0 Å². The third kappa shape index (κ3) is 2.50. The van der Waals surface area contributed by atoms with Gasteiger partial charge in [0.2, 0.25) is 5.91 Å². The van der Waals surface area contributed by atoms with Crippen LogP contribution in [0.15, 0.2) is 12.1 Å². The summed E-state index contributed by atoms with van der Waals surface area (Å²) in [4.78, 5) is 13.6. The van der Waals surface area contributed by atoms with Crippen molar-refractivity contribution >= 4 is 40.5 Å². The molecule has 1 aliphatic heterocycles. The monoisotopic (exact) mass is 272 g/mol.